The van der Waals surface area contributed by atoms with E-state index in [2.05, 4.69) is 23.2 Å². The van der Waals surface area contributed by atoms with Crippen LogP contribution in [0.1, 0.15) is 74.5 Å². The van der Waals surface area contributed by atoms with E-state index in [0.717, 1.165) is 68.7 Å². The Kier molecular flexibility index (Phi) is 6.88. The molecule has 2 atom stereocenters. The number of carbonyl (C=O) groups excluding carboxylic acids is 1. The maximum absolute atomic E-state index is 13.5. The minimum Gasteiger partial charge on any atom is -0.487 e. The van der Waals surface area contributed by atoms with Gasteiger partial charge in [0.25, 0.3) is 0 Å². The highest BCUT2D eigenvalue weighted by Gasteiger charge is 2.44. The summed E-state index contributed by atoms with van der Waals surface area (Å²) in [7, 11) is 3.15. The fourth-order valence-corrected chi connectivity index (χ4v) is 6.42. The Morgan fingerprint density at radius 2 is 1.89 bits per heavy atom. The maximum atomic E-state index is 13.5. The number of rotatable bonds is 6. The number of pyridine rings is 1. The Hall–Kier alpha value is -2.77. The molecule has 0 unspecified atom stereocenters. The van der Waals surface area contributed by atoms with E-state index >= 15 is 0 Å². The summed E-state index contributed by atoms with van der Waals surface area (Å²) in [4.78, 5) is 18.1. The second-order valence-corrected chi connectivity index (χ2v) is 11.0. The third-order valence-corrected chi connectivity index (χ3v) is 8.73. The molecule has 1 spiro atoms. The second-order valence-electron chi connectivity index (χ2n) is 11.0. The zero-order valence-electron chi connectivity index (χ0n) is 21.7. The highest BCUT2D eigenvalue weighted by atomic mass is 19.4. The number of esters is 1. The van der Waals surface area contributed by atoms with Gasteiger partial charge < -0.3 is 14.4 Å². The first kappa shape index (κ1) is 25.9. The summed E-state index contributed by atoms with van der Waals surface area (Å²) in [5, 5.41) is 0. The molecule has 5 nitrogen and oxygen atoms in total. The molecule has 2 heterocycles. The third-order valence-electron chi connectivity index (χ3n) is 8.73. The number of carbonyl (C=O) groups is 1. The molecule has 0 amide bonds. The molecule has 3 aliphatic rings. The molecular weight excluding hydrogens is 481 g/mol. The van der Waals surface area contributed by atoms with E-state index in [1.165, 1.54) is 24.9 Å². The van der Waals surface area contributed by atoms with Crippen LogP contribution in [-0.2, 0) is 22.1 Å². The number of methoxy groups -OCH3 is 1. The number of aromatic nitrogens is 1. The number of benzene rings is 1. The van der Waals surface area contributed by atoms with Crippen molar-refractivity contribution in [2.24, 2.45) is 11.8 Å². The van der Waals surface area contributed by atoms with Gasteiger partial charge in [-0.2, -0.15) is 13.2 Å². The van der Waals surface area contributed by atoms with Crippen LogP contribution in [0.4, 0.5) is 19.0 Å². The molecule has 8 heteroatoms. The van der Waals surface area contributed by atoms with Crippen LogP contribution in [0, 0.1) is 11.8 Å². The molecule has 2 fully saturated rings. The van der Waals surface area contributed by atoms with Crippen molar-refractivity contribution in [3.05, 3.63) is 53.2 Å². The normalized spacial score (nSPS) is 25.1. The fourth-order valence-electron chi connectivity index (χ4n) is 6.42. The first-order chi connectivity index (χ1) is 17.6. The first-order valence-corrected chi connectivity index (χ1v) is 13.3. The number of fused-ring (bicyclic) bond motifs is 1. The van der Waals surface area contributed by atoms with Crippen molar-refractivity contribution in [1.82, 2.24) is 4.98 Å². The van der Waals surface area contributed by atoms with E-state index in [1.54, 1.807) is 11.9 Å². The quantitative estimate of drug-likeness (QED) is 0.408. The lowest BCUT2D eigenvalue weighted by molar-refractivity contribution is -0.145. The molecule has 37 heavy (non-hydrogen) atoms. The number of ether oxygens (including phenoxy) is 2. The van der Waals surface area contributed by atoms with Gasteiger partial charge in [0.05, 0.1) is 18.6 Å². The zero-order chi connectivity index (χ0) is 26.4. The smallest absolute Gasteiger partial charge is 0.419 e. The largest absolute Gasteiger partial charge is 0.487 e. The summed E-state index contributed by atoms with van der Waals surface area (Å²) < 4.78 is 52.4. The molecule has 5 rings (SSSR count). The van der Waals surface area contributed by atoms with Crippen LogP contribution < -0.4 is 9.64 Å². The lowest BCUT2D eigenvalue weighted by Crippen LogP contribution is -2.47. The fraction of sp³-hybridized carbons (Fsp3) is 0.586. The number of halogens is 3. The van der Waals surface area contributed by atoms with Gasteiger partial charge >= 0.3 is 12.1 Å². The monoisotopic (exact) mass is 516 g/mol. The minimum atomic E-state index is -4.44. The maximum Gasteiger partial charge on any atom is 0.419 e. The number of nitrogens with zero attached hydrogens (tertiary/aromatic N) is 2. The molecule has 1 aromatic heterocycles. The molecule has 0 N–H and O–H groups in total. The summed E-state index contributed by atoms with van der Waals surface area (Å²) in [6, 6.07) is 8.80. The third kappa shape index (κ3) is 5.16. The van der Waals surface area contributed by atoms with Gasteiger partial charge in [0.15, 0.2) is 0 Å². The van der Waals surface area contributed by atoms with E-state index in [1.807, 2.05) is 6.92 Å². The molecule has 2 aliphatic carbocycles. The van der Waals surface area contributed by atoms with Gasteiger partial charge in [-0.3, -0.25) is 4.79 Å². The predicted octanol–water partition coefficient (Wildman–Crippen LogP) is 6.55. The van der Waals surface area contributed by atoms with Gasteiger partial charge in [-0.05, 0) is 92.5 Å². The summed E-state index contributed by atoms with van der Waals surface area (Å²) >= 11 is 0. The summed E-state index contributed by atoms with van der Waals surface area (Å²) in [5.74, 6) is 1.08. The van der Waals surface area contributed by atoms with Gasteiger partial charge in [-0.15, -0.1) is 0 Å². The average molecular weight is 517 g/mol. The van der Waals surface area contributed by atoms with Crippen molar-refractivity contribution in [2.45, 2.75) is 82.0 Å². The minimum absolute atomic E-state index is 0.0126. The molecule has 2 aromatic rings. The first-order valence-electron chi connectivity index (χ1n) is 13.3. The summed E-state index contributed by atoms with van der Waals surface area (Å²) in [6.07, 6.45) is 4.07. The highest BCUT2D eigenvalue weighted by molar-refractivity contribution is 5.73. The van der Waals surface area contributed by atoms with Crippen molar-refractivity contribution in [3.8, 4) is 5.75 Å². The highest BCUT2D eigenvalue weighted by Crippen LogP contribution is 2.49. The standard InChI is InChI=1S/C29H35F3N2O3/c1-18(27(35)36-3)25(20-7-8-20)21-9-6-19-10-13-28(37-24(19)17-21)14-11-22(12-15-28)34(2)26-23(29(30,31)32)5-4-16-33-26/h4-6,9,16-18,20,22,25H,7-8,10-15H2,1-3H3/t18-,22?,25-,28?/m0/s1. The van der Waals surface area contributed by atoms with Crippen LogP contribution in [0.2, 0.25) is 0 Å². The average Bonchev–Trinajstić information content (AvgIpc) is 3.73. The number of hydrogen-bond donors (Lipinski definition) is 0. The van der Waals surface area contributed by atoms with E-state index in [0.29, 0.717) is 5.92 Å². The molecule has 0 bridgehead atoms. The molecule has 200 valence electrons. The van der Waals surface area contributed by atoms with E-state index < -0.39 is 11.7 Å². The zero-order valence-corrected chi connectivity index (χ0v) is 21.7. The van der Waals surface area contributed by atoms with Crippen LogP contribution in [-0.4, -0.2) is 36.8 Å². The number of alkyl halides is 3. The summed E-state index contributed by atoms with van der Waals surface area (Å²) in [5.41, 5.74) is 1.30. The Morgan fingerprint density at radius 1 is 1.16 bits per heavy atom. The number of hydrogen-bond acceptors (Lipinski definition) is 5. The Balaban J connectivity index is 1.30. The van der Waals surface area contributed by atoms with Crippen molar-refractivity contribution in [2.75, 3.05) is 19.1 Å². The molecule has 2 saturated carbocycles. The Morgan fingerprint density at radius 3 is 2.54 bits per heavy atom. The topological polar surface area (TPSA) is 51.7 Å². The van der Waals surface area contributed by atoms with Crippen molar-refractivity contribution in [3.63, 3.8) is 0 Å². The van der Waals surface area contributed by atoms with Gasteiger partial charge in [0, 0.05) is 19.3 Å². The van der Waals surface area contributed by atoms with Crippen molar-refractivity contribution >= 4 is 11.8 Å². The number of aryl methyl sites for hydroxylation is 1. The molecule has 0 radical (unpaired) electrons. The van der Waals surface area contributed by atoms with Crippen LogP contribution in [0.25, 0.3) is 0 Å². The van der Waals surface area contributed by atoms with Crippen molar-refractivity contribution in [1.29, 1.82) is 0 Å². The Bertz CT molecular complexity index is 1140. The lowest BCUT2D eigenvalue weighted by atomic mass is 9.76. The Labute approximate surface area is 216 Å². The van der Waals surface area contributed by atoms with Gasteiger partial charge in [-0.25, -0.2) is 4.98 Å². The van der Waals surface area contributed by atoms with Crippen LogP contribution in [0.15, 0.2) is 36.5 Å². The van der Waals surface area contributed by atoms with Gasteiger partial charge in [-0.1, -0.05) is 19.1 Å². The molecule has 0 saturated heterocycles. The molecular formula is C29H35F3N2O3. The lowest BCUT2D eigenvalue weighted by Gasteiger charge is -2.45. The molecule has 1 aliphatic heterocycles. The summed E-state index contributed by atoms with van der Waals surface area (Å²) in [6.45, 7) is 1.94. The van der Waals surface area contributed by atoms with E-state index in [-0.39, 0.29) is 35.3 Å². The van der Waals surface area contributed by atoms with Gasteiger partial charge in [0.2, 0.25) is 0 Å². The van der Waals surface area contributed by atoms with Gasteiger partial charge in [0.1, 0.15) is 17.2 Å². The van der Waals surface area contributed by atoms with Crippen LogP contribution >= 0.6 is 0 Å². The SMILES string of the molecule is COC(=O)[C@@H](C)[C@H](c1ccc2c(c1)OC1(CC2)CCC(N(C)c2ncccc2C(F)(F)F)CC1)C1CC1. The van der Waals surface area contributed by atoms with Crippen LogP contribution in [0.5, 0.6) is 5.75 Å². The second kappa shape index (κ2) is 9.84. The van der Waals surface area contributed by atoms with E-state index in [4.69, 9.17) is 9.47 Å². The van der Waals surface area contributed by atoms with Crippen LogP contribution in [0.3, 0.4) is 0 Å². The van der Waals surface area contributed by atoms with E-state index in [9.17, 15) is 18.0 Å². The van der Waals surface area contributed by atoms with Crippen molar-refractivity contribution < 1.29 is 27.4 Å². The molecule has 1 aromatic carbocycles. The predicted molar refractivity (Wildman–Crippen MR) is 135 cm³/mol. The number of anilines is 1.